The Bertz CT molecular complexity index is 1380. The van der Waals surface area contributed by atoms with E-state index < -0.39 is 64.2 Å². The number of hydrogen-bond donors (Lipinski definition) is 0. The molecule has 2 saturated heterocycles. The monoisotopic (exact) mass is 580 g/mol. The number of carbonyl (C=O) groups is 3. The van der Waals surface area contributed by atoms with Gasteiger partial charge in [-0.05, 0) is 51.7 Å². The lowest BCUT2D eigenvalue weighted by Gasteiger charge is -2.60. The van der Waals surface area contributed by atoms with E-state index in [0.717, 1.165) is 11.1 Å². The Labute approximate surface area is 246 Å². The minimum atomic E-state index is -1.39. The highest BCUT2D eigenvalue weighted by Crippen LogP contribution is 2.65. The van der Waals surface area contributed by atoms with Gasteiger partial charge in [0, 0.05) is 12.3 Å². The number of rotatable bonds is 4. The molecule has 9 heteroatoms. The molecule has 1 aromatic rings. The van der Waals surface area contributed by atoms with Crippen molar-refractivity contribution in [3.05, 3.63) is 59.2 Å². The van der Waals surface area contributed by atoms with Crippen molar-refractivity contribution in [3.63, 3.8) is 0 Å². The molecule has 42 heavy (non-hydrogen) atoms. The maximum atomic E-state index is 15.2. The maximum absolute atomic E-state index is 15.2. The molecule has 0 N–H and O–H groups in total. The molecule has 3 aliphatic carbocycles. The van der Waals surface area contributed by atoms with E-state index in [1.807, 2.05) is 84.0 Å². The Balaban J connectivity index is 1.60. The van der Waals surface area contributed by atoms with Crippen molar-refractivity contribution in [1.82, 2.24) is 0 Å². The molecule has 226 valence electrons. The summed E-state index contributed by atoms with van der Waals surface area (Å²) in [5, 5.41) is 0. The highest BCUT2D eigenvalue weighted by Gasteiger charge is 2.76. The van der Waals surface area contributed by atoms with Gasteiger partial charge in [0.15, 0.2) is 29.4 Å². The third kappa shape index (κ3) is 4.03. The van der Waals surface area contributed by atoms with Gasteiger partial charge in [-0.15, -0.1) is 0 Å². The van der Waals surface area contributed by atoms with Gasteiger partial charge in [0.1, 0.15) is 5.60 Å². The summed E-state index contributed by atoms with van der Waals surface area (Å²) in [6.45, 7) is 12.9. The molecule has 5 aliphatic rings. The molecule has 0 unspecified atom stereocenters. The van der Waals surface area contributed by atoms with E-state index in [4.69, 9.17) is 28.4 Å². The molecule has 1 saturated carbocycles. The first-order chi connectivity index (χ1) is 19.7. The Morgan fingerprint density at radius 1 is 1.07 bits per heavy atom. The third-order valence-corrected chi connectivity index (χ3v) is 10.3. The standard InChI is InChI=1S/C33H40O9/c1-19-13-16-33-27(40-28(36)41-33)25-31(7,26(35)24(39-20(2)34)23(19)29(33,3)4)22(37-17-21-11-9-8-10-12-21)14-15-32(25)18-38-30(5,6)42-32/h8-12,14-15,22,24-25,27H,13,16-18H2,1-7H3/t22-,24+,25-,27-,31+,32+,33+/m0/s1. The lowest BCUT2D eigenvalue weighted by Crippen LogP contribution is -2.72. The van der Waals surface area contributed by atoms with Crippen molar-refractivity contribution >= 4 is 17.9 Å². The van der Waals surface area contributed by atoms with Crippen molar-refractivity contribution in [2.45, 2.75) is 103 Å². The van der Waals surface area contributed by atoms with E-state index >= 15 is 4.79 Å². The number of ether oxygens (including phenoxy) is 6. The molecule has 2 bridgehead atoms. The maximum Gasteiger partial charge on any atom is 0.509 e. The van der Waals surface area contributed by atoms with Crippen LogP contribution in [0.25, 0.3) is 0 Å². The average Bonchev–Trinajstić information content (AvgIpc) is 3.41. The number of ketones is 1. The molecule has 0 radical (unpaired) electrons. The number of hydrogen-bond acceptors (Lipinski definition) is 9. The highest BCUT2D eigenvalue weighted by atomic mass is 16.8. The number of carbonyl (C=O) groups excluding carboxylic acids is 3. The molecule has 2 aliphatic heterocycles. The smallest absolute Gasteiger partial charge is 0.450 e. The van der Waals surface area contributed by atoms with Gasteiger partial charge in [-0.2, -0.15) is 0 Å². The van der Waals surface area contributed by atoms with Gasteiger partial charge in [-0.1, -0.05) is 61.9 Å². The fourth-order valence-corrected chi connectivity index (χ4v) is 8.40. The van der Waals surface area contributed by atoms with E-state index in [1.165, 1.54) is 6.92 Å². The summed E-state index contributed by atoms with van der Waals surface area (Å²) in [6, 6.07) is 9.69. The van der Waals surface area contributed by atoms with E-state index in [1.54, 1.807) is 0 Å². The minimum Gasteiger partial charge on any atom is -0.450 e. The van der Waals surface area contributed by atoms with Crippen molar-refractivity contribution in [1.29, 1.82) is 0 Å². The predicted octanol–water partition coefficient (Wildman–Crippen LogP) is 5.21. The summed E-state index contributed by atoms with van der Waals surface area (Å²) in [5.41, 5.74) is -2.12. The van der Waals surface area contributed by atoms with Crippen molar-refractivity contribution in [2.75, 3.05) is 6.61 Å². The van der Waals surface area contributed by atoms with Crippen molar-refractivity contribution < 1.29 is 42.8 Å². The second-order valence-corrected chi connectivity index (χ2v) is 13.5. The van der Waals surface area contributed by atoms with Crippen molar-refractivity contribution in [3.8, 4) is 0 Å². The molecule has 0 aromatic heterocycles. The lowest BCUT2D eigenvalue weighted by atomic mass is 9.47. The van der Waals surface area contributed by atoms with E-state index in [0.29, 0.717) is 18.4 Å². The van der Waals surface area contributed by atoms with Crippen LogP contribution in [0, 0.1) is 16.7 Å². The van der Waals surface area contributed by atoms with Crippen LogP contribution >= 0.6 is 0 Å². The molecule has 1 aromatic carbocycles. The molecule has 7 atom stereocenters. The van der Waals surface area contributed by atoms with Crippen molar-refractivity contribution in [2.24, 2.45) is 16.7 Å². The van der Waals surface area contributed by atoms with Gasteiger partial charge in [0.2, 0.25) is 0 Å². The summed E-state index contributed by atoms with van der Waals surface area (Å²) in [5.74, 6) is -2.68. The van der Waals surface area contributed by atoms with Crippen LogP contribution in [-0.4, -0.2) is 59.8 Å². The number of fused-ring (bicyclic) bond motifs is 4. The SMILES string of the molecule is CC(=O)O[C@H]1C(=O)[C@]2(C)[C@@H](OCc3ccccc3)C=C[C@@]3(COC(C)(C)O3)[C@H]2[C@@H]2OC(=O)O[C@]23CCC(C)=C1C3(C)C. The fraction of sp³-hybridized carbons (Fsp3) is 0.606. The van der Waals surface area contributed by atoms with Crippen LogP contribution in [0.2, 0.25) is 0 Å². The third-order valence-electron chi connectivity index (χ3n) is 10.3. The van der Waals surface area contributed by atoms with Crippen LogP contribution in [0.1, 0.15) is 66.9 Å². The van der Waals surface area contributed by atoms with Gasteiger partial charge < -0.3 is 28.4 Å². The van der Waals surface area contributed by atoms with E-state index in [2.05, 4.69) is 0 Å². The van der Waals surface area contributed by atoms with Gasteiger partial charge in [-0.25, -0.2) is 4.79 Å². The van der Waals surface area contributed by atoms with E-state index in [-0.39, 0.29) is 19.0 Å². The van der Waals surface area contributed by atoms with Gasteiger partial charge >= 0.3 is 12.1 Å². The van der Waals surface area contributed by atoms with Crippen LogP contribution in [0.15, 0.2) is 53.6 Å². The number of esters is 1. The molecule has 2 spiro atoms. The second kappa shape index (κ2) is 9.49. The zero-order chi connectivity index (χ0) is 30.3. The summed E-state index contributed by atoms with van der Waals surface area (Å²) in [4.78, 5) is 41.0. The number of Topliss-reactive ketones (excluding diaryl/α,β-unsaturated/α-hetero) is 1. The Hall–Kier alpha value is -3.01. The Morgan fingerprint density at radius 2 is 1.79 bits per heavy atom. The summed E-state index contributed by atoms with van der Waals surface area (Å²) < 4.78 is 37.7. The summed E-state index contributed by atoms with van der Waals surface area (Å²) in [6.07, 6.45) is 1.09. The highest BCUT2D eigenvalue weighted by molar-refractivity contribution is 5.95. The summed E-state index contributed by atoms with van der Waals surface area (Å²) >= 11 is 0. The molecule has 6 rings (SSSR count). The zero-order valence-corrected chi connectivity index (χ0v) is 25.4. The largest absolute Gasteiger partial charge is 0.509 e. The first-order valence-electron chi connectivity index (χ1n) is 14.7. The van der Waals surface area contributed by atoms with E-state index in [9.17, 15) is 9.59 Å². The van der Waals surface area contributed by atoms with Gasteiger partial charge in [0.25, 0.3) is 0 Å². The zero-order valence-electron chi connectivity index (χ0n) is 25.4. The van der Waals surface area contributed by atoms with Gasteiger partial charge in [0.05, 0.1) is 30.7 Å². The first kappa shape index (κ1) is 29.1. The molecule has 3 fully saturated rings. The van der Waals surface area contributed by atoms with Crippen LogP contribution in [0.5, 0.6) is 0 Å². The molecule has 2 heterocycles. The molecule has 0 amide bonds. The quantitative estimate of drug-likeness (QED) is 0.350. The Kier molecular flexibility index (Phi) is 6.57. The molecular weight excluding hydrogens is 540 g/mol. The average molecular weight is 581 g/mol. The predicted molar refractivity (Wildman–Crippen MR) is 150 cm³/mol. The summed E-state index contributed by atoms with van der Waals surface area (Å²) in [7, 11) is 0. The number of benzene rings is 1. The molecule has 9 nitrogen and oxygen atoms in total. The Morgan fingerprint density at radius 3 is 2.43 bits per heavy atom. The van der Waals surface area contributed by atoms with Crippen LogP contribution in [0.3, 0.4) is 0 Å². The topological polar surface area (TPSA) is 107 Å². The van der Waals surface area contributed by atoms with Crippen LogP contribution in [0.4, 0.5) is 4.79 Å². The molecular formula is C33H40O9. The minimum absolute atomic E-state index is 0.125. The second-order valence-electron chi connectivity index (χ2n) is 13.5. The van der Waals surface area contributed by atoms with Crippen LogP contribution < -0.4 is 0 Å². The normalized spacial score (nSPS) is 39.6. The lowest BCUT2D eigenvalue weighted by molar-refractivity contribution is -0.223. The number of allylic oxidation sites excluding steroid dienone is 1. The first-order valence-corrected chi connectivity index (χ1v) is 14.7. The fourth-order valence-electron chi connectivity index (χ4n) is 8.40. The van der Waals surface area contributed by atoms with Gasteiger partial charge in [-0.3, -0.25) is 9.59 Å². The van der Waals surface area contributed by atoms with Crippen LogP contribution in [-0.2, 0) is 44.6 Å².